The number of thioether (sulfide) groups is 1. The number of hydrogen-bond acceptors (Lipinski definition) is 12. The average molecular weight is 526 g/mol. The van der Waals surface area contributed by atoms with Crippen LogP contribution in [0, 0.1) is 5.41 Å². The second-order valence-electron chi connectivity index (χ2n) is 7.45. The number of thiazole rings is 1. The second kappa shape index (κ2) is 9.60. The van der Waals surface area contributed by atoms with Gasteiger partial charge in [0, 0.05) is 17.7 Å². The number of nitrogens with one attached hydrogen (secondary N) is 1. The Hall–Kier alpha value is -3.17. The Morgan fingerprint density at radius 2 is 2.21 bits per heavy atom. The van der Waals surface area contributed by atoms with Crippen LogP contribution in [0.1, 0.15) is 15.4 Å². The lowest BCUT2D eigenvalue weighted by molar-refractivity contribution is -0.160. The van der Waals surface area contributed by atoms with E-state index in [1.165, 1.54) is 40.5 Å². The summed E-state index contributed by atoms with van der Waals surface area (Å²) in [6, 6.07) is 2.39. The summed E-state index contributed by atoms with van der Waals surface area (Å²) in [5.74, 6) is -2.83. The Kier molecular flexibility index (Phi) is 6.77. The van der Waals surface area contributed by atoms with Gasteiger partial charge in [-0.05, 0) is 11.4 Å². The van der Waals surface area contributed by atoms with Crippen LogP contribution < -0.4 is 11.1 Å². The van der Waals surface area contributed by atoms with Crippen LogP contribution in [0.3, 0.4) is 0 Å². The van der Waals surface area contributed by atoms with Crippen molar-refractivity contribution in [3.8, 4) is 0 Å². The maximum absolute atomic E-state index is 12.8. The number of nitrogens with two attached hydrogens (primary N) is 1. The molecule has 15 heteroatoms. The van der Waals surface area contributed by atoms with Crippen LogP contribution in [0.5, 0.6) is 0 Å². The number of carboxylic acids is 1. The van der Waals surface area contributed by atoms with E-state index in [4.69, 9.17) is 15.3 Å². The topological polar surface area (TPSA) is 174 Å². The normalized spacial score (nSPS) is 24.1. The Morgan fingerprint density at radius 3 is 2.82 bits per heavy atom. The van der Waals surface area contributed by atoms with Crippen molar-refractivity contribution in [1.82, 2.24) is 15.2 Å². The lowest BCUT2D eigenvalue weighted by Crippen LogP contribution is -2.74. The number of thiophene rings is 1. The SMILES string of the molecule is CON=C(C(=O)NC1C(=O)N2CC(COC(=O)c3cccs3)(C(=O)O)CS[C@H]12)c1csc(N)n1. The van der Waals surface area contributed by atoms with Crippen LogP contribution in [-0.4, -0.2) is 81.9 Å². The number of carbonyl (C=O) groups excluding carboxylic acids is 3. The number of carbonyl (C=O) groups is 4. The molecule has 0 spiro atoms. The Labute approximate surface area is 205 Å². The number of β-lactam (4-membered cyclic amide) rings is 1. The zero-order chi connectivity index (χ0) is 24.5. The first-order valence-electron chi connectivity index (χ1n) is 9.75. The maximum Gasteiger partial charge on any atom is 0.348 e. The molecule has 2 aliphatic rings. The number of aliphatic carboxylic acids is 1. The standard InChI is InChI=1S/C19H19N5O7S3/c1-30-23-11(9-5-33-18(20)21-9)13(25)22-12-14(26)24-6-19(17(28)29,8-34-15(12)24)7-31-16(27)10-3-2-4-32-10/h2-5,12,15H,6-8H2,1H3,(H2,20,21)(H,22,25)(H,28,29)/t12?,15-,19?/m1/s1. The maximum atomic E-state index is 12.8. The summed E-state index contributed by atoms with van der Waals surface area (Å²) in [4.78, 5) is 60.3. The van der Waals surface area contributed by atoms with E-state index < -0.39 is 40.6 Å². The quantitative estimate of drug-likeness (QED) is 0.190. The third-order valence-corrected chi connectivity index (χ3v) is 8.36. The molecular weight excluding hydrogens is 506 g/mol. The summed E-state index contributed by atoms with van der Waals surface area (Å²) in [5, 5.41) is 19.2. The summed E-state index contributed by atoms with van der Waals surface area (Å²) in [5.41, 5.74) is 4.23. The van der Waals surface area contributed by atoms with Crippen LogP contribution in [-0.2, 0) is 24.0 Å². The van der Waals surface area contributed by atoms with Crippen LogP contribution in [0.2, 0.25) is 0 Å². The summed E-state index contributed by atoms with van der Waals surface area (Å²) in [7, 11) is 1.27. The molecule has 2 amide bonds. The molecule has 0 radical (unpaired) electrons. The van der Waals surface area contributed by atoms with Gasteiger partial charge < -0.3 is 30.6 Å². The van der Waals surface area contributed by atoms with Gasteiger partial charge >= 0.3 is 11.9 Å². The number of fused-ring (bicyclic) bond motifs is 1. The van der Waals surface area contributed by atoms with Crippen LogP contribution in [0.15, 0.2) is 28.0 Å². The number of esters is 1. The predicted octanol–water partition coefficient (Wildman–Crippen LogP) is 0.465. The first-order valence-corrected chi connectivity index (χ1v) is 12.6. The molecule has 0 aromatic carbocycles. The van der Waals surface area contributed by atoms with Gasteiger partial charge in [-0.1, -0.05) is 11.2 Å². The molecule has 2 aliphatic heterocycles. The van der Waals surface area contributed by atoms with Crippen LogP contribution in [0.25, 0.3) is 0 Å². The summed E-state index contributed by atoms with van der Waals surface area (Å²) in [6.45, 7) is -0.528. The Morgan fingerprint density at radius 1 is 1.41 bits per heavy atom. The van der Waals surface area contributed by atoms with Crippen molar-refractivity contribution in [2.24, 2.45) is 10.6 Å². The van der Waals surface area contributed by atoms with Crippen molar-refractivity contribution in [3.63, 3.8) is 0 Å². The highest BCUT2D eigenvalue weighted by molar-refractivity contribution is 8.00. The summed E-state index contributed by atoms with van der Waals surface area (Å²) < 4.78 is 5.26. The number of ether oxygens (including phenoxy) is 1. The Balaban J connectivity index is 1.41. The number of amides is 2. The summed E-state index contributed by atoms with van der Waals surface area (Å²) >= 11 is 3.50. The molecule has 2 fully saturated rings. The number of nitrogens with zero attached hydrogens (tertiary/aromatic N) is 3. The number of nitrogen functional groups attached to an aromatic ring is 1. The molecule has 34 heavy (non-hydrogen) atoms. The number of rotatable bonds is 8. The van der Waals surface area contributed by atoms with Gasteiger partial charge in [0.15, 0.2) is 10.8 Å². The third kappa shape index (κ3) is 4.45. The largest absolute Gasteiger partial charge is 0.481 e. The fourth-order valence-corrected chi connectivity index (χ4v) is 6.16. The van der Waals surface area contributed by atoms with E-state index in [-0.39, 0.29) is 35.4 Å². The molecule has 0 bridgehead atoms. The first kappa shape index (κ1) is 24.0. The van der Waals surface area contributed by atoms with E-state index in [9.17, 15) is 24.3 Å². The molecule has 4 N–H and O–H groups in total. The van der Waals surface area contributed by atoms with Crippen molar-refractivity contribution in [3.05, 3.63) is 33.5 Å². The van der Waals surface area contributed by atoms with Crippen molar-refractivity contribution in [1.29, 1.82) is 0 Å². The van der Waals surface area contributed by atoms with E-state index in [2.05, 4.69) is 15.5 Å². The molecule has 3 atom stereocenters. The number of carboxylic acid groups (broad SMARTS) is 1. The Bertz CT molecular complexity index is 1150. The summed E-state index contributed by atoms with van der Waals surface area (Å²) in [6.07, 6.45) is 0. The molecule has 180 valence electrons. The average Bonchev–Trinajstić information content (AvgIpc) is 3.51. The molecule has 2 unspecified atom stereocenters. The highest BCUT2D eigenvalue weighted by atomic mass is 32.2. The van der Waals surface area contributed by atoms with Gasteiger partial charge in [0.2, 0.25) is 5.91 Å². The number of oxime groups is 1. The number of aromatic nitrogens is 1. The predicted molar refractivity (Wildman–Crippen MR) is 125 cm³/mol. The van der Waals surface area contributed by atoms with Gasteiger partial charge in [0.1, 0.15) is 41.1 Å². The molecule has 4 heterocycles. The molecular formula is C19H19N5O7S3. The van der Waals surface area contributed by atoms with Gasteiger partial charge in [0.25, 0.3) is 5.91 Å². The molecule has 2 aromatic heterocycles. The van der Waals surface area contributed by atoms with Crippen molar-refractivity contribution in [2.45, 2.75) is 11.4 Å². The van der Waals surface area contributed by atoms with Gasteiger partial charge in [-0.3, -0.25) is 14.4 Å². The van der Waals surface area contributed by atoms with E-state index >= 15 is 0 Å². The number of hydrogen-bond donors (Lipinski definition) is 3. The highest BCUT2D eigenvalue weighted by Crippen LogP contribution is 2.42. The van der Waals surface area contributed by atoms with Gasteiger partial charge in [-0.15, -0.1) is 34.4 Å². The molecule has 4 rings (SSSR count). The number of anilines is 1. The fourth-order valence-electron chi connectivity index (χ4n) is 3.48. The van der Waals surface area contributed by atoms with Gasteiger partial charge in [0.05, 0.1) is 0 Å². The minimum atomic E-state index is -1.46. The van der Waals surface area contributed by atoms with Gasteiger partial charge in [-0.2, -0.15) is 0 Å². The van der Waals surface area contributed by atoms with Crippen LogP contribution >= 0.6 is 34.4 Å². The minimum Gasteiger partial charge on any atom is -0.481 e. The zero-order valence-electron chi connectivity index (χ0n) is 17.6. The van der Waals surface area contributed by atoms with Crippen molar-refractivity contribution in [2.75, 3.05) is 31.7 Å². The molecule has 0 saturated carbocycles. The molecule has 2 aromatic rings. The van der Waals surface area contributed by atoms with Crippen molar-refractivity contribution < 1.29 is 33.9 Å². The van der Waals surface area contributed by atoms with E-state index in [1.807, 2.05) is 0 Å². The minimum absolute atomic E-state index is 0.0858. The lowest BCUT2D eigenvalue weighted by atomic mass is 9.88. The fraction of sp³-hybridized carbons (Fsp3) is 0.368. The smallest absolute Gasteiger partial charge is 0.348 e. The monoisotopic (exact) mass is 525 g/mol. The van der Waals surface area contributed by atoms with Crippen molar-refractivity contribution >= 4 is 69.0 Å². The first-order chi connectivity index (χ1) is 16.3. The zero-order valence-corrected chi connectivity index (χ0v) is 20.1. The van der Waals surface area contributed by atoms with Gasteiger partial charge in [-0.25, -0.2) is 9.78 Å². The molecule has 2 saturated heterocycles. The van der Waals surface area contributed by atoms with E-state index in [0.29, 0.717) is 4.88 Å². The molecule has 0 aliphatic carbocycles. The highest BCUT2D eigenvalue weighted by Gasteiger charge is 2.58. The molecule has 12 nitrogen and oxygen atoms in total. The van der Waals surface area contributed by atoms with Crippen LogP contribution in [0.4, 0.5) is 5.13 Å². The second-order valence-corrected chi connectivity index (χ2v) is 10.4. The third-order valence-electron chi connectivity index (χ3n) is 5.25. The van der Waals surface area contributed by atoms with E-state index in [0.717, 1.165) is 11.3 Å². The lowest BCUT2D eigenvalue weighted by Gasteiger charge is -2.53. The van der Waals surface area contributed by atoms with E-state index in [1.54, 1.807) is 17.5 Å².